The summed E-state index contributed by atoms with van der Waals surface area (Å²) in [6.07, 6.45) is 2.54. The fraction of sp³-hybridized carbons (Fsp3) is 0.600. The Kier molecular flexibility index (Phi) is 4.77. The van der Waals surface area contributed by atoms with Crippen LogP contribution in [0.4, 0.5) is 0 Å². The van der Waals surface area contributed by atoms with Crippen molar-refractivity contribution in [3.63, 3.8) is 0 Å². The molecule has 1 rings (SSSR count). The van der Waals surface area contributed by atoms with Crippen LogP contribution in [-0.2, 0) is 6.42 Å². The van der Waals surface area contributed by atoms with Crippen LogP contribution in [0.2, 0.25) is 0 Å². The molecule has 2 heteroatoms. The third-order valence-corrected chi connectivity index (χ3v) is 4.07. The van der Waals surface area contributed by atoms with Gasteiger partial charge in [-0.1, -0.05) is 19.9 Å². The zero-order chi connectivity index (χ0) is 8.81. The summed E-state index contributed by atoms with van der Waals surface area (Å²) in [4.78, 5) is 1.53. The van der Waals surface area contributed by atoms with Crippen LogP contribution in [0.1, 0.15) is 25.1 Å². The minimum Gasteiger partial charge on any atom is -0.159 e. The predicted octanol–water partition coefficient (Wildman–Crippen LogP) is 3.82. The van der Waals surface area contributed by atoms with Gasteiger partial charge in [-0.05, 0) is 30.0 Å². The van der Waals surface area contributed by atoms with Crippen molar-refractivity contribution in [2.45, 2.75) is 31.9 Å². The Labute approximate surface area is 83.4 Å². The Hall–Kier alpha value is 0.0500. The van der Waals surface area contributed by atoms with E-state index in [9.17, 15) is 0 Å². The summed E-state index contributed by atoms with van der Waals surface area (Å²) < 4.78 is 0. The lowest BCUT2D eigenvalue weighted by atomic mass is 10.2. The van der Waals surface area contributed by atoms with Crippen LogP contribution in [0.25, 0.3) is 0 Å². The van der Waals surface area contributed by atoms with Gasteiger partial charge in [0.2, 0.25) is 0 Å². The maximum absolute atomic E-state index is 2.28. The van der Waals surface area contributed by atoms with Crippen molar-refractivity contribution < 1.29 is 0 Å². The van der Waals surface area contributed by atoms with Crippen LogP contribution in [0.3, 0.4) is 0 Å². The molecule has 1 heterocycles. The SMILES string of the molecule is CCSC(CC)Cc1cccs1. The average molecular weight is 200 g/mol. The molecule has 0 aliphatic rings. The largest absolute Gasteiger partial charge is 0.159 e. The highest BCUT2D eigenvalue weighted by molar-refractivity contribution is 7.99. The molecule has 1 aromatic rings. The van der Waals surface area contributed by atoms with Gasteiger partial charge in [0.05, 0.1) is 0 Å². The van der Waals surface area contributed by atoms with E-state index >= 15 is 0 Å². The first-order chi connectivity index (χ1) is 5.86. The van der Waals surface area contributed by atoms with Crippen molar-refractivity contribution in [2.24, 2.45) is 0 Å². The number of hydrogen-bond acceptors (Lipinski definition) is 2. The summed E-state index contributed by atoms with van der Waals surface area (Å²) in [6, 6.07) is 4.38. The van der Waals surface area contributed by atoms with Crippen molar-refractivity contribution in [2.75, 3.05) is 5.75 Å². The Morgan fingerprint density at radius 1 is 1.50 bits per heavy atom. The van der Waals surface area contributed by atoms with Gasteiger partial charge >= 0.3 is 0 Å². The molecule has 68 valence electrons. The minimum atomic E-state index is 0.827. The Bertz CT molecular complexity index is 192. The molecule has 0 radical (unpaired) electrons. The van der Waals surface area contributed by atoms with E-state index in [4.69, 9.17) is 0 Å². The first-order valence-corrected chi connectivity index (χ1v) is 6.43. The van der Waals surface area contributed by atoms with Gasteiger partial charge in [0.1, 0.15) is 0 Å². The maximum atomic E-state index is 2.28. The normalized spacial score (nSPS) is 13.2. The highest BCUT2D eigenvalue weighted by atomic mass is 32.2. The minimum absolute atomic E-state index is 0.827. The van der Waals surface area contributed by atoms with E-state index in [0.717, 1.165) is 5.25 Å². The van der Waals surface area contributed by atoms with E-state index in [0.29, 0.717) is 0 Å². The van der Waals surface area contributed by atoms with Gasteiger partial charge < -0.3 is 0 Å². The van der Waals surface area contributed by atoms with Gasteiger partial charge in [-0.3, -0.25) is 0 Å². The van der Waals surface area contributed by atoms with Gasteiger partial charge in [-0.2, -0.15) is 11.8 Å². The molecule has 1 aromatic heterocycles. The van der Waals surface area contributed by atoms with Crippen LogP contribution in [0, 0.1) is 0 Å². The van der Waals surface area contributed by atoms with Gasteiger partial charge in [0.25, 0.3) is 0 Å². The molecule has 12 heavy (non-hydrogen) atoms. The first-order valence-electron chi connectivity index (χ1n) is 4.50. The van der Waals surface area contributed by atoms with Crippen molar-refractivity contribution in [1.29, 1.82) is 0 Å². The predicted molar refractivity (Wildman–Crippen MR) is 60.2 cm³/mol. The summed E-state index contributed by atoms with van der Waals surface area (Å²) in [5.41, 5.74) is 0. The van der Waals surface area contributed by atoms with Crippen LogP contribution < -0.4 is 0 Å². The van der Waals surface area contributed by atoms with Gasteiger partial charge in [0.15, 0.2) is 0 Å². The highest BCUT2D eigenvalue weighted by Crippen LogP contribution is 2.21. The van der Waals surface area contributed by atoms with Gasteiger partial charge in [-0.15, -0.1) is 11.3 Å². The molecule has 0 fully saturated rings. The Morgan fingerprint density at radius 3 is 2.83 bits per heavy atom. The topological polar surface area (TPSA) is 0 Å². The van der Waals surface area contributed by atoms with Crippen molar-refractivity contribution >= 4 is 23.1 Å². The van der Waals surface area contributed by atoms with E-state index < -0.39 is 0 Å². The zero-order valence-corrected chi connectivity index (χ0v) is 9.38. The third kappa shape index (κ3) is 3.20. The molecule has 0 amide bonds. The zero-order valence-electron chi connectivity index (χ0n) is 7.75. The van der Waals surface area contributed by atoms with Crippen LogP contribution >= 0.6 is 23.1 Å². The summed E-state index contributed by atoms with van der Waals surface area (Å²) in [7, 11) is 0. The molecule has 0 aliphatic heterocycles. The Balaban J connectivity index is 2.37. The number of thioether (sulfide) groups is 1. The molecule has 0 aliphatic carbocycles. The molecule has 0 spiro atoms. The van der Waals surface area contributed by atoms with E-state index in [-0.39, 0.29) is 0 Å². The number of thiophene rings is 1. The second kappa shape index (κ2) is 5.65. The second-order valence-electron chi connectivity index (χ2n) is 2.77. The molecule has 0 saturated carbocycles. The molecule has 0 nitrogen and oxygen atoms in total. The summed E-state index contributed by atoms with van der Waals surface area (Å²) in [5, 5.41) is 2.99. The fourth-order valence-electron chi connectivity index (χ4n) is 1.21. The Morgan fingerprint density at radius 2 is 2.33 bits per heavy atom. The molecular formula is C10H16S2. The van der Waals surface area contributed by atoms with Crippen molar-refractivity contribution in [1.82, 2.24) is 0 Å². The summed E-state index contributed by atoms with van der Waals surface area (Å²) >= 11 is 3.96. The monoisotopic (exact) mass is 200 g/mol. The average Bonchev–Trinajstić information content (AvgIpc) is 2.56. The van der Waals surface area contributed by atoms with E-state index in [2.05, 4.69) is 43.1 Å². The molecule has 0 aromatic carbocycles. The molecular weight excluding hydrogens is 184 g/mol. The fourth-order valence-corrected chi connectivity index (χ4v) is 3.11. The summed E-state index contributed by atoms with van der Waals surface area (Å²) in [5.74, 6) is 1.24. The molecule has 1 unspecified atom stereocenters. The molecule has 0 bridgehead atoms. The van der Waals surface area contributed by atoms with Crippen LogP contribution in [0.5, 0.6) is 0 Å². The van der Waals surface area contributed by atoms with E-state index in [1.807, 2.05) is 11.3 Å². The van der Waals surface area contributed by atoms with Gasteiger partial charge in [-0.25, -0.2) is 0 Å². The molecule has 0 N–H and O–H groups in total. The highest BCUT2D eigenvalue weighted by Gasteiger charge is 2.06. The number of rotatable bonds is 5. The van der Waals surface area contributed by atoms with Crippen molar-refractivity contribution in [3.8, 4) is 0 Å². The van der Waals surface area contributed by atoms with Crippen LogP contribution in [-0.4, -0.2) is 11.0 Å². The quantitative estimate of drug-likeness (QED) is 0.696. The standard InChI is InChI=1S/C10H16S2/c1-3-9(11-4-2)8-10-6-5-7-12-10/h5-7,9H,3-4,8H2,1-2H3. The lowest BCUT2D eigenvalue weighted by molar-refractivity contribution is 0.825. The van der Waals surface area contributed by atoms with E-state index in [1.165, 1.54) is 23.5 Å². The smallest absolute Gasteiger partial charge is 0.00925 e. The lowest BCUT2D eigenvalue weighted by Gasteiger charge is -2.11. The summed E-state index contributed by atoms with van der Waals surface area (Å²) in [6.45, 7) is 4.52. The first kappa shape index (κ1) is 10.1. The van der Waals surface area contributed by atoms with E-state index in [1.54, 1.807) is 0 Å². The molecule has 0 saturated heterocycles. The number of hydrogen-bond donors (Lipinski definition) is 0. The van der Waals surface area contributed by atoms with Crippen molar-refractivity contribution in [3.05, 3.63) is 22.4 Å². The lowest BCUT2D eigenvalue weighted by Crippen LogP contribution is -2.04. The molecule has 1 atom stereocenters. The maximum Gasteiger partial charge on any atom is 0.00925 e. The second-order valence-corrected chi connectivity index (χ2v) is 5.38. The van der Waals surface area contributed by atoms with Crippen LogP contribution in [0.15, 0.2) is 17.5 Å². The third-order valence-electron chi connectivity index (χ3n) is 1.87. The van der Waals surface area contributed by atoms with Gasteiger partial charge in [0, 0.05) is 10.1 Å².